The molecular formula is C13H8BrF3N2O2. The lowest BCUT2D eigenvalue weighted by atomic mass is 10.1. The summed E-state index contributed by atoms with van der Waals surface area (Å²) in [5.41, 5.74) is -1.70. The molecule has 0 spiro atoms. The van der Waals surface area contributed by atoms with Gasteiger partial charge in [-0.1, -0.05) is 34.1 Å². The molecule has 0 aliphatic carbocycles. The largest absolute Gasteiger partial charge is 0.478 e. The van der Waals surface area contributed by atoms with Crippen molar-refractivity contribution in [3.63, 3.8) is 0 Å². The number of hydrogen-bond donors (Lipinski definition) is 1. The fourth-order valence-electron chi connectivity index (χ4n) is 1.69. The Hall–Kier alpha value is -1.96. The summed E-state index contributed by atoms with van der Waals surface area (Å²) < 4.78 is 39.2. The van der Waals surface area contributed by atoms with E-state index in [0.717, 1.165) is 0 Å². The second-order valence-corrected chi connectivity index (χ2v) is 4.97. The van der Waals surface area contributed by atoms with Crippen molar-refractivity contribution < 1.29 is 23.1 Å². The molecule has 1 aromatic heterocycles. The number of aromatic carboxylic acids is 1. The van der Waals surface area contributed by atoms with Crippen LogP contribution in [-0.2, 0) is 12.6 Å². The standard InChI is InChI=1S/C13H8BrF3N2O2/c14-9-4-2-1-3-7(9)5-10-18-6-8(12(20)21)11(19-10)13(15,16)17/h1-4,6H,5H2,(H,20,21). The predicted octanol–water partition coefficient (Wildman–Crippen LogP) is 3.55. The number of alkyl halides is 3. The van der Waals surface area contributed by atoms with Crippen LogP contribution >= 0.6 is 15.9 Å². The number of aromatic nitrogens is 2. The molecule has 21 heavy (non-hydrogen) atoms. The molecule has 0 fully saturated rings. The monoisotopic (exact) mass is 360 g/mol. The third-order valence-electron chi connectivity index (χ3n) is 2.64. The summed E-state index contributed by atoms with van der Waals surface area (Å²) in [5.74, 6) is -1.81. The number of carbonyl (C=O) groups is 1. The number of benzene rings is 1. The van der Waals surface area contributed by atoms with Crippen LogP contribution in [0, 0.1) is 0 Å². The molecule has 0 aliphatic rings. The third-order valence-corrected chi connectivity index (χ3v) is 3.42. The van der Waals surface area contributed by atoms with Crippen LogP contribution in [0.4, 0.5) is 13.2 Å². The summed E-state index contributed by atoms with van der Waals surface area (Å²) in [5, 5.41) is 8.77. The summed E-state index contributed by atoms with van der Waals surface area (Å²) in [6.07, 6.45) is -4.10. The second kappa shape index (κ2) is 5.80. The maximum Gasteiger partial charge on any atom is 0.434 e. The van der Waals surface area contributed by atoms with Crippen molar-refractivity contribution in [3.05, 3.63) is 57.6 Å². The highest BCUT2D eigenvalue weighted by atomic mass is 79.9. The highest BCUT2D eigenvalue weighted by molar-refractivity contribution is 9.10. The van der Waals surface area contributed by atoms with Gasteiger partial charge in [-0.25, -0.2) is 14.8 Å². The molecular weight excluding hydrogens is 353 g/mol. The van der Waals surface area contributed by atoms with E-state index >= 15 is 0 Å². The van der Waals surface area contributed by atoms with Crippen LogP contribution in [0.1, 0.15) is 27.4 Å². The van der Waals surface area contributed by atoms with Crippen LogP contribution in [0.15, 0.2) is 34.9 Å². The van der Waals surface area contributed by atoms with Gasteiger partial charge in [-0.05, 0) is 11.6 Å². The van der Waals surface area contributed by atoms with E-state index in [4.69, 9.17) is 5.11 Å². The first-order valence-electron chi connectivity index (χ1n) is 5.69. The molecule has 0 aliphatic heterocycles. The average molecular weight is 361 g/mol. The van der Waals surface area contributed by atoms with Gasteiger partial charge in [0.15, 0.2) is 5.69 Å². The SMILES string of the molecule is O=C(O)c1cnc(Cc2ccccc2Br)nc1C(F)(F)F. The Morgan fingerprint density at radius 1 is 1.29 bits per heavy atom. The van der Waals surface area contributed by atoms with Gasteiger partial charge in [0.05, 0.1) is 0 Å². The van der Waals surface area contributed by atoms with E-state index in [1.54, 1.807) is 24.3 Å². The van der Waals surface area contributed by atoms with Crippen LogP contribution in [0.2, 0.25) is 0 Å². The van der Waals surface area contributed by atoms with E-state index in [2.05, 4.69) is 25.9 Å². The van der Waals surface area contributed by atoms with Crippen LogP contribution < -0.4 is 0 Å². The van der Waals surface area contributed by atoms with E-state index in [1.165, 1.54) is 0 Å². The van der Waals surface area contributed by atoms with Gasteiger partial charge in [-0.3, -0.25) is 0 Å². The summed E-state index contributed by atoms with van der Waals surface area (Å²) >= 11 is 3.28. The molecule has 1 heterocycles. The summed E-state index contributed by atoms with van der Waals surface area (Å²) in [6.45, 7) is 0. The minimum atomic E-state index is -4.85. The number of hydrogen-bond acceptors (Lipinski definition) is 3. The fourth-order valence-corrected chi connectivity index (χ4v) is 2.11. The lowest BCUT2D eigenvalue weighted by molar-refractivity contribution is -0.141. The van der Waals surface area contributed by atoms with Gasteiger partial charge >= 0.3 is 12.1 Å². The quantitative estimate of drug-likeness (QED) is 0.908. The molecule has 110 valence electrons. The predicted molar refractivity (Wildman–Crippen MR) is 70.9 cm³/mol. The fraction of sp³-hybridized carbons (Fsp3) is 0.154. The van der Waals surface area contributed by atoms with E-state index in [-0.39, 0.29) is 12.2 Å². The molecule has 0 radical (unpaired) electrons. The molecule has 0 amide bonds. The number of carboxylic acids is 1. The molecule has 0 unspecified atom stereocenters. The van der Waals surface area contributed by atoms with Gasteiger partial charge < -0.3 is 5.11 Å². The van der Waals surface area contributed by atoms with E-state index < -0.39 is 23.4 Å². The van der Waals surface area contributed by atoms with Gasteiger partial charge in [-0.15, -0.1) is 0 Å². The third kappa shape index (κ3) is 3.57. The minimum Gasteiger partial charge on any atom is -0.478 e. The van der Waals surface area contributed by atoms with Crippen molar-refractivity contribution in [1.82, 2.24) is 9.97 Å². The summed E-state index contributed by atoms with van der Waals surface area (Å²) in [7, 11) is 0. The van der Waals surface area contributed by atoms with Crippen molar-refractivity contribution in [3.8, 4) is 0 Å². The van der Waals surface area contributed by atoms with E-state index in [9.17, 15) is 18.0 Å². The maximum atomic E-state index is 12.8. The Morgan fingerprint density at radius 3 is 2.52 bits per heavy atom. The number of nitrogens with zero attached hydrogens (tertiary/aromatic N) is 2. The highest BCUT2D eigenvalue weighted by Gasteiger charge is 2.38. The molecule has 0 saturated heterocycles. The Labute approximate surface area is 125 Å². The Morgan fingerprint density at radius 2 is 1.95 bits per heavy atom. The number of halogens is 4. The molecule has 1 N–H and O–H groups in total. The van der Waals surface area contributed by atoms with Crippen LogP contribution in [-0.4, -0.2) is 21.0 Å². The zero-order valence-corrected chi connectivity index (χ0v) is 11.9. The van der Waals surface area contributed by atoms with E-state index in [0.29, 0.717) is 16.2 Å². The molecule has 1 aromatic carbocycles. The van der Waals surface area contributed by atoms with Crippen LogP contribution in [0.3, 0.4) is 0 Å². The molecule has 0 bridgehead atoms. The first-order valence-corrected chi connectivity index (χ1v) is 6.48. The minimum absolute atomic E-state index is 0.0599. The highest BCUT2D eigenvalue weighted by Crippen LogP contribution is 2.30. The molecule has 2 aromatic rings. The Kier molecular flexibility index (Phi) is 4.26. The summed E-state index contributed by atoms with van der Waals surface area (Å²) in [4.78, 5) is 17.9. The van der Waals surface area contributed by atoms with Crippen LogP contribution in [0.5, 0.6) is 0 Å². The Balaban J connectivity index is 2.43. The second-order valence-electron chi connectivity index (χ2n) is 4.12. The number of carboxylic acid groups (broad SMARTS) is 1. The normalized spacial score (nSPS) is 11.4. The maximum absolute atomic E-state index is 12.8. The first-order chi connectivity index (χ1) is 9.79. The zero-order valence-electron chi connectivity index (χ0n) is 10.4. The molecule has 2 rings (SSSR count). The number of rotatable bonds is 3. The summed E-state index contributed by atoms with van der Waals surface area (Å²) in [6, 6.07) is 6.96. The Bertz CT molecular complexity index is 689. The van der Waals surface area contributed by atoms with Crippen molar-refractivity contribution in [2.45, 2.75) is 12.6 Å². The van der Waals surface area contributed by atoms with Crippen molar-refractivity contribution >= 4 is 21.9 Å². The van der Waals surface area contributed by atoms with Gasteiger partial charge in [0, 0.05) is 17.1 Å². The lowest BCUT2D eigenvalue weighted by Gasteiger charge is -2.10. The average Bonchev–Trinajstić information content (AvgIpc) is 2.40. The lowest BCUT2D eigenvalue weighted by Crippen LogP contribution is -2.17. The molecule has 0 saturated carbocycles. The van der Waals surface area contributed by atoms with E-state index in [1.807, 2.05) is 0 Å². The van der Waals surface area contributed by atoms with Gasteiger partial charge in [0.2, 0.25) is 0 Å². The van der Waals surface area contributed by atoms with Gasteiger partial charge in [0.1, 0.15) is 11.4 Å². The van der Waals surface area contributed by atoms with Crippen molar-refractivity contribution in [2.75, 3.05) is 0 Å². The molecule has 8 heteroatoms. The smallest absolute Gasteiger partial charge is 0.434 e. The van der Waals surface area contributed by atoms with Gasteiger partial charge in [-0.2, -0.15) is 13.2 Å². The molecule has 0 atom stereocenters. The van der Waals surface area contributed by atoms with Crippen LogP contribution in [0.25, 0.3) is 0 Å². The van der Waals surface area contributed by atoms with Crippen molar-refractivity contribution in [2.24, 2.45) is 0 Å². The van der Waals surface area contributed by atoms with Gasteiger partial charge in [0.25, 0.3) is 0 Å². The molecule has 4 nitrogen and oxygen atoms in total. The zero-order chi connectivity index (χ0) is 15.6. The first kappa shape index (κ1) is 15.4. The topological polar surface area (TPSA) is 63.1 Å². The van der Waals surface area contributed by atoms with Crippen molar-refractivity contribution in [1.29, 1.82) is 0 Å².